The minimum atomic E-state index is -0.243. The number of hydrogen-bond donors (Lipinski definition) is 2. The zero-order valence-electron chi connectivity index (χ0n) is 15.9. The van der Waals surface area contributed by atoms with Gasteiger partial charge in [0.05, 0.1) is 18.2 Å². The van der Waals surface area contributed by atoms with E-state index in [1.807, 2.05) is 6.92 Å². The SMILES string of the molecule is Cc1ccc(C)c(C(C)NC(=O)CN2CCC3(CC2)CNC(=O)CO3)c1. The van der Waals surface area contributed by atoms with Gasteiger partial charge in [0.2, 0.25) is 11.8 Å². The standard InChI is InChI=1S/C20H29N3O3/c1-14-4-5-15(2)17(10-14)16(3)22-18(24)11-23-8-6-20(7-9-23)13-21-19(25)12-26-20/h4-5,10,16H,6-9,11-13H2,1-3H3,(H,21,25)(H,22,24). The van der Waals surface area contributed by atoms with Crippen molar-refractivity contribution in [2.75, 3.05) is 32.8 Å². The molecule has 0 bridgehead atoms. The van der Waals surface area contributed by atoms with Crippen LogP contribution in [-0.4, -0.2) is 55.1 Å². The summed E-state index contributed by atoms with van der Waals surface area (Å²) in [4.78, 5) is 25.9. The highest BCUT2D eigenvalue weighted by molar-refractivity contribution is 5.79. The Balaban J connectivity index is 1.48. The maximum absolute atomic E-state index is 12.5. The molecule has 2 fully saturated rings. The van der Waals surface area contributed by atoms with Crippen LogP contribution in [0.3, 0.4) is 0 Å². The predicted octanol–water partition coefficient (Wildman–Crippen LogP) is 1.46. The number of amides is 2. The van der Waals surface area contributed by atoms with Crippen LogP contribution in [0.15, 0.2) is 18.2 Å². The summed E-state index contributed by atoms with van der Waals surface area (Å²) < 4.78 is 5.78. The van der Waals surface area contributed by atoms with Gasteiger partial charge >= 0.3 is 0 Å². The molecule has 6 heteroatoms. The van der Waals surface area contributed by atoms with Gasteiger partial charge in [-0.2, -0.15) is 0 Å². The van der Waals surface area contributed by atoms with E-state index >= 15 is 0 Å². The Bertz CT molecular complexity index is 669. The molecule has 0 aliphatic carbocycles. The van der Waals surface area contributed by atoms with Crippen LogP contribution in [0.1, 0.15) is 42.5 Å². The van der Waals surface area contributed by atoms with Gasteiger partial charge in [-0.25, -0.2) is 0 Å². The van der Waals surface area contributed by atoms with E-state index in [2.05, 4.69) is 47.6 Å². The maximum Gasteiger partial charge on any atom is 0.246 e. The summed E-state index contributed by atoms with van der Waals surface area (Å²) in [5.41, 5.74) is 3.32. The van der Waals surface area contributed by atoms with Gasteiger partial charge in [0, 0.05) is 19.6 Å². The third-order valence-electron chi connectivity index (χ3n) is 5.53. The smallest absolute Gasteiger partial charge is 0.246 e. The highest BCUT2D eigenvalue weighted by atomic mass is 16.5. The summed E-state index contributed by atoms with van der Waals surface area (Å²) in [5.74, 6) is 0.00471. The Labute approximate surface area is 155 Å². The van der Waals surface area contributed by atoms with Crippen LogP contribution in [0.4, 0.5) is 0 Å². The molecule has 26 heavy (non-hydrogen) atoms. The largest absolute Gasteiger partial charge is 0.363 e. The second-order valence-electron chi connectivity index (χ2n) is 7.67. The monoisotopic (exact) mass is 359 g/mol. The number of piperidine rings is 1. The highest BCUT2D eigenvalue weighted by Gasteiger charge is 2.39. The summed E-state index contributed by atoms with van der Waals surface area (Å²) in [5, 5.41) is 6.01. The van der Waals surface area contributed by atoms with Gasteiger partial charge in [-0.05, 0) is 44.7 Å². The van der Waals surface area contributed by atoms with Gasteiger partial charge in [-0.1, -0.05) is 23.8 Å². The summed E-state index contributed by atoms with van der Waals surface area (Å²) in [6.45, 7) is 8.91. The molecule has 1 spiro atoms. The molecule has 142 valence electrons. The van der Waals surface area contributed by atoms with Crippen molar-refractivity contribution in [1.82, 2.24) is 15.5 Å². The van der Waals surface area contributed by atoms with Crippen molar-refractivity contribution in [3.8, 4) is 0 Å². The van der Waals surface area contributed by atoms with E-state index in [0.717, 1.165) is 25.9 Å². The van der Waals surface area contributed by atoms with E-state index < -0.39 is 0 Å². The normalized spacial score (nSPS) is 21.3. The van der Waals surface area contributed by atoms with E-state index in [1.165, 1.54) is 16.7 Å². The number of nitrogens with one attached hydrogen (secondary N) is 2. The number of morpholine rings is 1. The molecule has 3 rings (SSSR count). The van der Waals surface area contributed by atoms with Gasteiger partial charge in [0.1, 0.15) is 6.61 Å². The average molecular weight is 359 g/mol. The Morgan fingerprint density at radius 1 is 1.35 bits per heavy atom. The topological polar surface area (TPSA) is 70.7 Å². The zero-order valence-corrected chi connectivity index (χ0v) is 15.9. The second kappa shape index (κ2) is 7.76. The Hall–Kier alpha value is -1.92. The lowest BCUT2D eigenvalue weighted by Gasteiger charge is -2.43. The Morgan fingerprint density at radius 3 is 2.73 bits per heavy atom. The molecule has 2 aliphatic rings. The van der Waals surface area contributed by atoms with Crippen molar-refractivity contribution < 1.29 is 14.3 Å². The van der Waals surface area contributed by atoms with E-state index in [1.54, 1.807) is 0 Å². The van der Waals surface area contributed by atoms with E-state index in [4.69, 9.17) is 4.74 Å². The Morgan fingerprint density at radius 2 is 2.08 bits per heavy atom. The molecular formula is C20H29N3O3. The second-order valence-corrected chi connectivity index (χ2v) is 7.67. The van der Waals surface area contributed by atoms with E-state index in [0.29, 0.717) is 13.1 Å². The molecule has 0 aromatic heterocycles. The summed E-state index contributed by atoms with van der Waals surface area (Å²) >= 11 is 0. The van der Waals surface area contributed by atoms with Crippen LogP contribution in [0, 0.1) is 13.8 Å². The number of likely N-dealkylation sites (tertiary alicyclic amines) is 1. The predicted molar refractivity (Wildman–Crippen MR) is 99.8 cm³/mol. The van der Waals surface area contributed by atoms with Gasteiger partial charge in [0.25, 0.3) is 0 Å². The van der Waals surface area contributed by atoms with Gasteiger partial charge < -0.3 is 15.4 Å². The molecule has 2 saturated heterocycles. The lowest BCUT2D eigenvalue weighted by atomic mass is 9.90. The van der Waals surface area contributed by atoms with E-state index in [-0.39, 0.29) is 30.1 Å². The fourth-order valence-electron chi connectivity index (χ4n) is 3.81. The van der Waals surface area contributed by atoms with Gasteiger partial charge in [0.15, 0.2) is 0 Å². The number of carbonyl (C=O) groups is 2. The van der Waals surface area contributed by atoms with E-state index in [9.17, 15) is 9.59 Å². The van der Waals surface area contributed by atoms with Crippen LogP contribution < -0.4 is 10.6 Å². The van der Waals surface area contributed by atoms with Crippen LogP contribution >= 0.6 is 0 Å². The lowest BCUT2D eigenvalue weighted by molar-refractivity contribution is -0.150. The first-order valence-corrected chi connectivity index (χ1v) is 9.36. The van der Waals surface area contributed by atoms with Gasteiger partial charge in [-0.15, -0.1) is 0 Å². The van der Waals surface area contributed by atoms with Crippen molar-refractivity contribution in [3.63, 3.8) is 0 Å². The molecule has 1 aromatic rings. The molecule has 6 nitrogen and oxygen atoms in total. The summed E-state index contributed by atoms with van der Waals surface area (Å²) in [7, 11) is 0. The fourth-order valence-corrected chi connectivity index (χ4v) is 3.81. The molecule has 2 heterocycles. The van der Waals surface area contributed by atoms with Crippen molar-refractivity contribution >= 4 is 11.8 Å². The van der Waals surface area contributed by atoms with Crippen molar-refractivity contribution in [3.05, 3.63) is 34.9 Å². The maximum atomic E-state index is 12.5. The number of rotatable bonds is 4. The third kappa shape index (κ3) is 4.43. The van der Waals surface area contributed by atoms with Crippen LogP contribution in [0.2, 0.25) is 0 Å². The first kappa shape index (κ1) is 18.9. The molecule has 2 N–H and O–H groups in total. The molecular weight excluding hydrogens is 330 g/mol. The molecule has 2 amide bonds. The van der Waals surface area contributed by atoms with Crippen molar-refractivity contribution in [1.29, 1.82) is 0 Å². The summed E-state index contributed by atoms with van der Waals surface area (Å²) in [6, 6.07) is 6.32. The van der Waals surface area contributed by atoms with Crippen LogP contribution in [-0.2, 0) is 14.3 Å². The minimum absolute atomic E-state index is 0.00424. The average Bonchev–Trinajstić information content (AvgIpc) is 2.62. The molecule has 0 radical (unpaired) electrons. The molecule has 2 aliphatic heterocycles. The van der Waals surface area contributed by atoms with Crippen LogP contribution in [0.5, 0.6) is 0 Å². The molecule has 0 saturated carbocycles. The molecule has 1 aromatic carbocycles. The number of aryl methyl sites for hydroxylation is 2. The Kier molecular flexibility index (Phi) is 5.63. The quantitative estimate of drug-likeness (QED) is 0.854. The lowest BCUT2D eigenvalue weighted by Crippen LogP contribution is -2.58. The van der Waals surface area contributed by atoms with Crippen molar-refractivity contribution in [2.24, 2.45) is 0 Å². The molecule has 1 unspecified atom stereocenters. The summed E-state index contributed by atoms with van der Waals surface area (Å²) in [6.07, 6.45) is 1.68. The van der Waals surface area contributed by atoms with Gasteiger partial charge in [-0.3, -0.25) is 14.5 Å². The zero-order chi connectivity index (χ0) is 18.7. The minimum Gasteiger partial charge on any atom is -0.363 e. The fraction of sp³-hybridized carbons (Fsp3) is 0.600. The first-order chi connectivity index (χ1) is 12.4. The van der Waals surface area contributed by atoms with Crippen molar-refractivity contribution in [2.45, 2.75) is 45.3 Å². The highest BCUT2D eigenvalue weighted by Crippen LogP contribution is 2.27. The third-order valence-corrected chi connectivity index (χ3v) is 5.53. The number of carbonyl (C=O) groups excluding carboxylic acids is 2. The first-order valence-electron chi connectivity index (χ1n) is 9.36. The molecule has 1 atom stereocenters. The number of ether oxygens (including phenoxy) is 1. The number of benzene rings is 1. The number of nitrogens with zero attached hydrogens (tertiary/aromatic N) is 1. The number of hydrogen-bond acceptors (Lipinski definition) is 4. The van der Waals surface area contributed by atoms with Crippen LogP contribution in [0.25, 0.3) is 0 Å².